The van der Waals surface area contributed by atoms with Crippen LogP contribution in [0, 0.1) is 0 Å². The fourth-order valence-electron chi connectivity index (χ4n) is 3.40. The van der Waals surface area contributed by atoms with Gasteiger partial charge in [-0.25, -0.2) is 9.78 Å². The van der Waals surface area contributed by atoms with Gasteiger partial charge in [0.25, 0.3) is 5.91 Å². The van der Waals surface area contributed by atoms with Crippen LogP contribution < -0.4 is 4.90 Å². The van der Waals surface area contributed by atoms with Gasteiger partial charge in [-0.3, -0.25) is 4.79 Å². The van der Waals surface area contributed by atoms with E-state index in [0.717, 1.165) is 24.3 Å². The maximum Gasteiger partial charge on any atom is 0.339 e. The molecule has 7 nitrogen and oxygen atoms in total. The molecule has 160 valence electrons. The number of ether oxygens (including phenoxy) is 2. The molecule has 0 N–H and O–H groups in total. The number of pyridine rings is 1. The number of anilines is 1. The summed E-state index contributed by atoms with van der Waals surface area (Å²) in [4.78, 5) is 33.0. The lowest BCUT2D eigenvalue weighted by molar-refractivity contribution is -0.143. The summed E-state index contributed by atoms with van der Waals surface area (Å²) in [5.74, 6) is 0.442. The maximum atomic E-state index is 12.8. The van der Waals surface area contributed by atoms with Crippen molar-refractivity contribution in [2.75, 3.05) is 37.7 Å². The molecule has 2 heterocycles. The Morgan fingerprint density at radius 3 is 2.57 bits per heavy atom. The van der Waals surface area contributed by atoms with E-state index >= 15 is 0 Å². The molecule has 1 unspecified atom stereocenters. The topological polar surface area (TPSA) is 72.0 Å². The van der Waals surface area contributed by atoms with Crippen molar-refractivity contribution in [3.8, 4) is 0 Å². The molecule has 2 aromatic rings. The predicted molar refractivity (Wildman–Crippen MR) is 114 cm³/mol. The molecule has 1 aliphatic heterocycles. The predicted octanol–water partition coefficient (Wildman–Crippen LogP) is 2.90. The van der Waals surface area contributed by atoms with Crippen molar-refractivity contribution < 1.29 is 19.1 Å². The highest BCUT2D eigenvalue weighted by Crippen LogP contribution is 2.16. The monoisotopic (exact) mass is 411 g/mol. The van der Waals surface area contributed by atoms with E-state index in [1.165, 1.54) is 0 Å². The molecule has 1 amide bonds. The summed E-state index contributed by atoms with van der Waals surface area (Å²) in [6.07, 6.45) is 1.90. The van der Waals surface area contributed by atoms with Crippen LogP contribution in [0.4, 0.5) is 5.82 Å². The van der Waals surface area contributed by atoms with Gasteiger partial charge in [-0.2, -0.15) is 0 Å². The fraction of sp³-hybridized carbons (Fsp3) is 0.435. The summed E-state index contributed by atoms with van der Waals surface area (Å²) >= 11 is 0. The van der Waals surface area contributed by atoms with E-state index in [4.69, 9.17) is 9.47 Å². The Bertz CT molecular complexity index is 826. The van der Waals surface area contributed by atoms with Crippen molar-refractivity contribution in [3.05, 3.63) is 59.8 Å². The summed E-state index contributed by atoms with van der Waals surface area (Å²) in [5.41, 5.74) is 1.49. The van der Waals surface area contributed by atoms with Crippen molar-refractivity contribution in [2.24, 2.45) is 0 Å². The second-order valence-corrected chi connectivity index (χ2v) is 7.23. The average Bonchev–Trinajstić information content (AvgIpc) is 3.04. The fourth-order valence-corrected chi connectivity index (χ4v) is 3.40. The number of hydrogen-bond donors (Lipinski definition) is 0. The number of esters is 1. The minimum absolute atomic E-state index is 0.0124. The first-order valence-electron chi connectivity index (χ1n) is 10.4. The lowest BCUT2D eigenvalue weighted by atomic mass is 10.2. The Kier molecular flexibility index (Phi) is 7.79. The zero-order valence-corrected chi connectivity index (χ0v) is 17.6. The van der Waals surface area contributed by atoms with E-state index in [9.17, 15) is 9.59 Å². The van der Waals surface area contributed by atoms with Crippen LogP contribution >= 0.6 is 0 Å². The molecule has 0 bridgehead atoms. The number of rotatable bonds is 7. The van der Waals surface area contributed by atoms with Crippen LogP contribution in [0.3, 0.4) is 0 Å². The van der Waals surface area contributed by atoms with Gasteiger partial charge in [0.1, 0.15) is 11.9 Å². The normalized spacial score (nSPS) is 15.4. The molecule has 0 saturated carbocycles. The van der Waals surface area contributed by atoms with Crippen LogP contribution in [-0.2, 0) is 20.9 Å². The molecular formula is C23H29N3O4. The highest BCUT2D eigenvalue weighted by molar-refractivity contribution is 5.89. The van der Waals surface area contributed by atoms with E-state index in [0.29, 0.717) is 38.4 Å². The third kappa shape index (κ3) is 5.79. The highest BCUT2D eigenvalue weighted by Gasteiger charge is 2.24. The van der Waals surface area contributed by atoms with Crippen molar-refractivity contribution in [3.63, 3.8) is 0 Å². The maximum absolute atomic E-state index is 12.8. The molecule has 0 aliphatic carbocycles. The van der Waals surface area contributed by atoms with E-state index in [1.807, 2.05) is 48.2 Å². The van der Waals surface area contributed by atoms with Gasteiger partial charge in [0.2, 0.25) is 0 Å². The summed E-state index contributed by atoms with van der Waals surface area (Å²) in [7, 11) is 0. The minimum Gasteiger partial charge on any atom is -0.462 e. The largest absolute Gasteiger partial charge is 0.462 e. The quantitative estimate of drug-likeness (QED) is 0.653. The molecule has 1 atom stereocenters. The van der Waals surface area contributed by atoms with Gasteiger partial charge in [0.15, 0.2) is 0 Å². The van der Waals surface area contributed by atoms with Crippen LogP contribution in [0.1, 0.15) is 36.2 Å². The Labute approximate surface area is 177 Å². The lowest BCUT2D eigenvalue weighted by Gasteiger charge is -2.25. The molecule has 1 aliphatic rings. The number of carbonyl (C=O) groups is 2. The summed E-state index contributed by atoms with van der Waals surface area (Å²) in [6.45, 7) is 7.13. The summed E-state index contributed by atoms with van der Waals surface area (Å²) in [5, 5.41) is 0. The minimum atomic E-state index is -0.487. The molecule has 1 fully saturated rings. The van der Waals surface area contributed by atoms with E-state index in [2.05, 4.69) is 9.88 Å². The highest BCUT2D eigenvalue weighted by atomic mass is 16.5. The van der Waals surface area contributed by atoms with Gasteiger partial charge in [-0.15, -0.1) is 0 Å². The van der Waals surface area contributed by atoms with Gasteiger partial charge in [0.05, 0.1) is 18.8 Å². The Morgan fingerprint density at radius 2 is 1.87 bits per heavy atom. The Hall–Kier alpha value is -2.93. The van der Waals surface area contributed by atoms with Crippen LogP contribution in [0.15, 0.2) is 48.7 Å². The lowest BCUT2D eigenvalue weighted by Crippen LogP contribution is -2.41. The third-order valence-corrected chi connectivity index (χ3v) is 5.08. The molecule has 0 spiro atoms. The number of carbonyl (C=O) groups excluding carboxylic acids is 2. The number of amides is 1. The molecular weight excluding hydrogens is 382 g/mol. The molecule has 1 saturated heterocycles. The second kappa shape index (κ2) is 10.7. The number of nitrogens with zero attached hydrogens (tertiary/aromatic N) is 3. The van der Waals surface area contributed by atoms with Crippen molar-refractivity contribution in [1.29, 1.82) is 0 Å². The first-order valence-corrected chi connectivity index (χ1v) is 10.4. The van der Waals surface area contributed by atoms with Gasteiger partial charge in [-0.05, 0) is 38.0 Å². The first kappa shape index (κ1) is 21.8. The molecule has 7 heteroatoms. The third-order valence-electron chi connectivity index (χ3n) is 5.08. The van der Waals surface area contributed by atoms with Crippen LogP contribution in [-0.4, -0.2) is 60.7 Å². The Morgan fingerprint density at radius 1 is 1.07 bits per heavy atom. The van der Waals surface area contributed by atoms with Gasteiger partial charge < -0.3 is 19.3 Å². The number of hydrogen-bond acceptors (Lipinski definition) is 6. The van der Waals surface area contributed by atoms with Gasteiger partial charge in [0, 0.05) is 32.4 Å². The number of aromatic nitrogens is 1. The zero-order valence-electron chi connectivity index (χ0n) is 17.6. The van der Waals surface area contributed by atoms with Crippen LogP contribution in [0.5, 0.6) is 0 Å². The van der Waals surface area contributed by atoms with E-state index in [1.54, 1.807) is 19.2 Å². The van der Waals surface area contributed by atoms with E-state index in [-0.39, 0.29) is 11.9 Å². The van der Waals surface area contributed by atoms with Crippen LogP contribution in [0.2, 0.25) is 0 Å². The smallest absolute Gasteiger partial charge is 0.339 e. The summed E-state index contributed by atoms with van der Waals surface area (Å²) < 4.78 is 10.8. The Balaban J connectivity index is 1.52. The standard InChI is InChI=1S/C23H29N3O4/c1-3-29-23(28)20-10-11-21(24-16-20)25-12-7-13-26(15-14-25)22(27)18(2)30-17-19-8-5-4-6-9-19/h4-6,8-11,16,18H,3,7,12-15,17H2,1-2H3. The van der Waals surface area contributed by atoms with Gasteiger partial charge in [-0.1, -0.05) is 30.3 Å². The molecule has 30 heavy (non-hydrogen) atoms. The zero-order chi connectivity index (χ0) is 21.3. The molecule has 1 aromatic heterocycles. The average molecular weight is 412 g/mol. The van der Waals surface area contributed by atoms with Gasteiger partial charge >= 0.3 is 5.97 Å². The molecule has 1 aromatic carbocycles. The first-order chi connectivity index (χ1) is 14.6. The van der Waals surface area contributed by atoms with Crippen molar-refractivity contribution >= 4 is 17.7 Å². The molecule has 0 radical (unpaired) electrons. The van der Waals surface area contributed by atoms with Crippen LogP contribution in [0.25, 0.3) is 0 Å². The van der Waals surface area contributed by atoms with Crippen molar-refractivity contribution in [1.82, 2.24) is 9.88 Å². The molecule has 3 rings (SSSR count). The summed E-state index contributed by atoms with van der Waals surface area (Å²) in [6, 6.07) is 13.4. The van der Waals surface area contributed by atoms with E-state index < -0.39 is 6.10 Å². The second-order valence-electron chi connectivity index (χ2n) is 7.23. The van der Waals surface area contributed by atoms with Crippen molar-refractivity contribution in [2.45, 2.75) is 33.0 Å². The number of benzene rings is 1. The SMILES string of the molecule is CCOC(=O)c1ccc(N2CCCN(C(=O)C(C)OCc3ccccc3)CC2)nc1.